The van der Waals surface area contributed by atoms with Crippen LogP contribution in [0.15, 0.2) is 78.9 Å². The van der Waals surface area contributed by atoms with Crippen LogP contribution in [0.2, 0.25) is 0 Å². The van der Waals surface area contributed by atoms with Gasteiger partial charge in [-0.1, -0.05) is 99.5 Å². The van der Waals surface area contributed by atoms with Crippen molar-refractivity contribution in [1.29, 1.82) is 0 Å². The Morgan fingerprint density at radius 3 is 1.98 bits per heavy atom. The third-order valence-electron chi connectivity index (χ3n) is 10.7. The van der Waals surface area contributed by atoms with Crippen LogP contribution in [-0.4, -0.2) is 93.0 Å². The summed E-state index contributed by atoms with van der Waals surface area (Å²) in [6, 6.07) is 24.8. The van der Waals surface area contributed by atoms with Crippen LogP contribution in [0.25, 0.3) is 0 Å². The van der Waals surface area contributed by atoms with E-state index in [1.165, 1.54) is 0 Å². The molecule has 8 N–H and O–H groups in total. The van der Waals surface area contributed by atoms with Gasteiger partial charge in [-0.15, -0.1) is 0 Å². The van der Waals surface area contributed by atoms with Gasteiger partial charge in [-0.25, -0.2) is 0 Å². The highest BCUT2D eigenvalue weighted by Gasteiger charge is 2.48. The van der Waals surface area contributed by atoms with Crippen molar-refractivity contribution in [3.63, 3.8) is 0 Å². The van der Waals surface area contributed by atoms with Crippen molar-refractivity contribution in [3.05, 3.63) is 95.6 Å². The van der Waals surface area contributed by atoms with Gasteiger partial charge in [0.25, 0.3) is 5.91 Å². The molecule has 3 amide bonds. The lowest BCUT2D eigenvalue weighted by Crippen LogP contribution is -2.55. The topological polar surface area (TPSA) is 209 Å². The summed E-state index contributed by atoms with van der Waals surface area (Å²) in [6.07, 6.45) is 2.12. The molecule has 3 aromatic rings. The second-order valence-corrected chi connectivity index (χ2v) is 14.9. The highest BCUT2D eigenvalue weighted by molar-refractivity contribution is 6.03. The predicted molar refractivity (Wildman–Crippen MR) is 216 cm³/mol. The van der Waals surface area contributed by atoms with Gasteiger partial charge >= 0.3 is 0 Å². The van der Waals surface area contributed by atoms with Gasteiger partial charge in [-0.3, -0.25) is 14.4 Å². The molecule has 7 atom stereocenters. The Morgan fingerprint density at radius 1 is 0.754 bits per heavy atom. The zero-order valence-corrected chi connectivity index (χ0v) is 32.9. The van der Waals surface area contributed by atoms with Gasteiger partial charge in [0.1, 0.15) is 24.1 Å². The molecule has 13 heteroatoms. The first-order valence-electron chi connectivity index (χ1n) is 20.2. The lowest BCUT2D eigenvalue weighted by atomic mass is 9.78. The normalized spacial score (nSPS) is 17.9. The number of carbonyl (C=O) groups excluding carboxylic acids is 3. The molecule has 1 aliphatic heterocycles. The number of rotatable bonds is 26. The fraction of sp³-hybridized carbons (Fsp3) is 0.523. The van der Waals surface area contributed by atoms with E-state index in [2.05, 4.69) is 10.6 Å². The number of carbonyl (C=O) groups is 3. The first-order chi connectivity index (χ1) is 27.5. The van der Waals surface area contributed by atoms with E-state index in [4.69, 9.17) is 9.84 Å². The van der Waals surface area contributed by atoms with Crippen molar-refractivity contribution in [2.45, 2.75) is 120 Å². The SMILES string of the molecule is COc1ccc(C2C(CCC(O)c3ccccc3)C(=O)N2c2ccc(CNC(=O)CCCCCCCCCCCNC(=O)C(O)C(O)C(O)C(O)CO)cc2)cc1. The van der Waals surface area contributed by atoms with Gasteiger partial charge in [0, 0.05) is 25.2 Å². The molecular weight excluding hydrogens is 730 g/mol. The molecule has 3 aromatic carbocycles. The van der Waals surface area contributed by atoms with Crippen molar-refractivity contribution < 1.29 is 49.8 Å². The van der Waals surface area contributed by atoms with E-state index >= 15 is 0 Å². The number of aliphatic hydroxyl groups excluding tert-OH is 6. The lowest BCUT2D eigenvalue weighted by Gasteiger charge is -2.48. The van der Waals surface area contributed by atoms with E-state index in [9.17, 15) is 39.9 Å². The maximum absolute atomic E-state index is 13.6. The minimum Gasteiger partial charge on any atom is -0.497 e. The molecule has 13 nitrogen and oxygen atoms in total. The van der Waals surface area contributed by atoms with Crippen molar-refractivity contribution in [1.82, 2.24) is 10.6 Å². The van der Waals surface area contributed by atoms with Crippen LogP contribution >= 0.6 is 0 Å². The number of benzene rings is 3. The first kappa shape index (κ1) is 45.3. The van der Waals surface area contributed by atoms with E-state index in [1.54, 1.807) is 7.11 Å². The lowest BCUT2D eigenvalue weighted by molar-refractivity contribution is -0.148. The summed E-state index contributed by atoms with van der Waals surface area (Å²) in [5, 5.41) is 63.8. The number of hydrogen-bond donors (Lipinski definition) is 8. The van der Waals surface area contributed by atoms with E-state index in [-0.39, 0.29) is 23.8 Å². The van der Waals surface area contributed by atoms with Gasteiger partial charge in [0.05, 0.1) is 31.8 Å². The Morgan fingerprint density at radius 2 is 1.37 bits per heavy atom. The number of nitrogens with one attached hydrogen (secondary N) is 2. The van der Waals surface area contributed by atoms with E-state index < -0.39 is 43.0 Å². The molecule has 1 heterocycles. The minimum atomic E-state index is -1.91. The van der Waals surface area contributed by atoms with Crippen LogP contribution in [0.1, 0.15) is 106 Å². The Hall–Kier alpha value is -4.37. The summed E-state index contributed by atoms with van der Waals surface area (Å²) in [6.45, 7) is -0.100. The largest absolute Gasteiger partial charge is 0.497 e. The Bertz CT molecular complexity index is 1640. The molecule has 312 valence electrons. The molecule has 0 spiro atoms. The molecule has 1 saturated heterocycles. The monoisotopic (exact) mass is 791 g/mol. The highest BCUT2D eigenvalue weighted by atomic mass is 16.5. The average molecular weight is 792 g/mol. The predicted octanol–water partition coefficient (Wildman–Crippen LogP) is 3.98. The van der Waals surface area contributed by atoms with Gasteiger partial charge < -0.3 is 50.9 Å². The summed E-state index contributed by atoms with van der Waals surface area (Å²) < 4.78 is 5.35. The number of unbranched alkanes of at least 4 members (excludes halogenated alkanes) is 8. The van der Waals surface area contributed by atoms with Crippen LogP contribution in [0.5, 0.6) is 5.75 Å². The summed E-state index contributed by atoms with van der Waals surface area (Å²) >= 11 is 0. The molecule has 7 unspecified atom stereocenters. The van der Waals surface area contributed by atoms with Crippen molar-refractivity contribution in [2.75, 3.05) is 25.2 Å². The Balaban J connectivity index is 1.09. The molecule has 0 aliphatic carbocycles. The minimum absolute atomic E-state index is 0.00477. The first-order valence-corrected chi connectivity index (χ1v) is 20.2. The van der Waals surface area contributed by atoms with Crippen molar-refractivity contribution >= 4 is 23.4 Å². The molecule has 0 bridgehead atoms. The fourth-order valence-electron chi connectivity index (χ4n) is 7.18. The number of aliphatic hydroxyl groups is 6. The number of anilines is 1. The second-order valence-electron chi connectivity index (χ2n) is 14.9. The highest BCUT2D eigenvalue weighted by Crippen LogP contribution is 2.46. The zero-order valence-electron chi connectivity index (χ0n) is 32.9. The number of amides is 3. The number of hydrogen-bond acceptors (Lipinski definition) is 10. The number of β-lactam (4-membered cyclic amide) rings is 1. The third-order valence-corrected chi connectivity index (χ3v) is 10.7. The molecular formula is C44H61N3O10. The molecule has 1 aliphatic rings. The zero-order chi connectivity index (χ0) is 41.2. The molecule has 0 radical (unpaired) electrons. The summed E-state index contributed by atoms with van der Waals surface area (Å²) in [7, 11) is 1.62. The van der Waals surface area contributed by atoms with E-state index in [0.29, 0.717) is 38.8 Å². The standard InChI is InChI=1S/C44H61N3O10/c1-57-34-23-19-32(20-24-34)39-35(25-26-36(49)31-14-10-9-11-15-31)44(56)47(39)33-21-17-30(18-22-33)28-46-38(51)16-12-7-5-3-2-4-6-8-13-27-45-43(55)42(54)41(53)40(52)37(50)29-48/h9-11,14-15,17-24,35-37,39-42,48-50,52-54H,2-8,12-13,16,25-29H2,1H3,(H,45,55)(H,46,51). The Labute approximate surface area is 335 Å². The van der Waals surface area contributed by atoms with Crippen LogP contribution in [-0.2, 0) is 20.9 Å². The van der Waals surface area contributed by atoms with Gasteiger partial charge in [0.15, 0.2) is 6.10 Å². The number of nitrogens with zero attached hydrogens (tertiary/aromatic N) is 1. The molecule has 57 heavy (non-hydrogen) atoms. The Kier molecular flexibility index (Phi) is 18.9. The number of ether oxygens (including phenoxy) is 1. The maximum atomic E-state index is 13.6. The van der Waals surface area contributed by atoms with Crippen LogP contribution in [0.4, 0.5) is 5.69 Å². The summed E-state index contributed by atoms with van der Waals surface area (Å²) in [5.41, 5.74) is 3.57. The quantitative estimate of drug-likeness (QED) is 0.0433. The molecule has 1 fully saturated rings. The van der Waals surface area contributed by atoms with Crippen molar-refractivity contribution in [2.24, 2.45) is 5.92 Å². The van der Waals surface area contributed by atoms with Gasteiger partial charge in [-0.05, 0) is 66.6 Å². The fourth-order valence-corrected chi connectivity index (χ4v) is 7.18. The van der Waals surface area contributed by atoms with E-state index in [0.717, 1.165) is 79.5 Å². The summed E-state index contributed by atoms with van der Waals surface area (Å²) in [5.74, 6) is -0.347. The molecule has 0 saturated carbocycles. The van der Waals surface area contributed by atoms with Crippen LogP contribution in [0, 0.1) is 5.92 Å². The van der Waals surface area contributed by atoms with Crippen molar-refractivity contribution in [3.8, 4) is 5.75 Å². The number of methoxy groups -OCH3 is 1. The average Bonchev–Trinajstić information content (AvgIpc) is 3.24. The van der Waals surface area contributed by atoms with Crippen LogP contribution < -0.4 is 20.3 Å². The second kappa shape index (κ2) is 23.8. The van der Waals surface area contributed by atoms with Gasteiger partial charge in [-0.2, -0.15) is 0 Å². The summed E-state index contributed by atoms with van der Waals surface area (Å²) in [4.78, 5) is 39.9. The van der Waals surface area contributed by atoms with Crippen LogP contribution in [0.3, 0.4) is 0 Å². The van der Waals surface area contributed by atoms with Gasteiger partial charge in [0.2, 0.25) is 11.8 Å². The molecule has 4 rings (SSSR count). The maximum Gasteiger partial charge on any atom is 0.251 e. The third kappa shape index (κ3) is 13.6. The van der Waals surface area contributed by atoms with E-state index in [1.807, 2.05) is 83.8 Å². The molecule has 0 aromatic heterocycles. The smallest absolute Gasteiger partial charge is 0.251 e.